The molecule has 0 spiro atoms. The number of amides is 1. The topological polar surface area (TPSA) is 76.2 Å². The van der Waals surface area contributed by atoms with Crippen LogP contribution in [0.1, 0.15) is 24.0 Å². The van der Waals surface area contributed by atoms with Crippen LogP contribution in [0.3, 0.4) is 0 Å². The lowest BCUT2D eigenvalue weighted by atomic mass is 9.96. The van der Waals surface area contributed by atoms with Crippen molar-refractivity contribution < 1.29 is 14.3 Å². The zero-order valence-corrected chi connectivity index (χ0v) is 13.9. The first kappa shape index (κ1) is 16.4. The highest BCUT2D eigenvalue weighted by Crippen LogP contribution is 2.35. The highest BCUT2D eigenvalue weighted by atomic mass is 16.5. The number of aromatic amines is 1. The summed E-state index contributed by atoms with van der Waals surface area (Å²) in [6.07, 6.45) is 6.77. The zero-order chi connectivity index (χ0) is 16.8. The summed E-state index contributed by atoms with van der Waals surface area (Å²) in [7, 11) is 1.65. The molecule has 24 heavy (non-hydrogen) atoms. The Morgan fingerprint density at radius 2 is 2.42 bits per heavy atom. The van der Waals surface area contributed by atoms with Gasteiger partial charge in [-0.2, -0.15) is 5.10 Å². The first-order valence-electron chi connectivity index (χ1n) is 8.29. The number of aromatic nitrogens is 2. The van der Waals surface area contributed by atoms with Crippen LogP contribution in [0.2, 0.25) is 0 Å². The number of rotatable bonds is 7. The second-order valence-electron chi connectivity index (χ2n) is 6.09. The molecule has 1 aliphatic heterocycles. The Kier molecular flexibility index (Phi) is 5.36. The van der Waals surface area contributed by atoms with Gasteiger partial charge in [0.1, 0.15) is 0 Å². The molecule has 0 saturated heterocycles. The molecule has 0 fully saturated rings. The highest BCUT2D eigenvalue weighted by Gasteiger charge is 2.22. The molecule has 6 heteroatoms. The largest absolute Gasteiger partial charge is 0.493 e. The molecule has 0 radical (unpaired) electrons. The van der Waals surface area contributed by atoms with Gasteiger partial charge in [-0.05, 0) is 36.5 Å². The fraction of sp³-hybridized carbons (Fsp3) is 0.444. The second kappa shape index (κ2) is 7.86. The van der Waals surface area contributed by atoms with E-state index >= 15 is 0 Å². The standard InChI is InChI=1S/C18H23N3O3/c1-23-16-6-3-5-15-8-14(12-24-18(15)16)9-19-17(22)7-2-4-13-10-20-21-11-13/h3,5-6,10-11,14H,2,4,7-9,12H2,1H3,(H,19,22)(H,20,21)/t14-/m0/s1. The van der Waals surface area contributed by atoms with Crippen LogP contribution in [0, 0.1) is 5.92 Å². The summed E-state index contributed by atoms with van der Waals surface area (Å²) in [5.74, 6) is 1.99. The SMILES string of the molecule is COc1cccc2c1OC[C@H](CNC(=O)CCCc1cn[nH]c1)C2. The minimum Gasteiger partial charge on any atom is -0.493 e. The number of carbonyl (C=O) groups is 1. The lowest BCUT2D eigenvalue weighted by Gasteiger charge is -2.26. The van der Waals surface area contributed by atoms with Crippen LogP contribution in [0.25, 0.3) is 0 Å². The van der Waals surface area contributed by atoms with Gasteiger partial charge >= 0.3 is 0 Å². The molecule has 1 amide bonds. The fourth-order valence-electron chi connectivity index (χ4n) is 2.96. The number of nitrogens with zero attached hydrogens (tertiary/aromatic N) is 1. The number of aryl methyl sites for hydroxylation is 1. The number of methoxy groups -OCH3 is 1. The fourth-order valence-corrected chi connectivity index (χ4v) is 2.96. The minimum atomic E-state index is 0.0925. The van der Waals surface area contributed by atoms with Gasteiger partial charge in [0, 0.05) is 25.1 Å². The predicted octanol–water partition coefficient (Wildman–Crippen LogP) is 2.11. The van der Waals surface area contributed by atoms with Crippen LogP contribution >= 0.6 is 0 Å². The van der Waals surface area contributed by atoms with Gasteiger partial charge in [-0.25, -0.2) is 0 Å². The first-order chi connectivity index (χ1) is 11.8. The zero-order valence-electron chi connectivity index (χ0n) is 13.9. The number of benzene rings is 1. The Labute approximate surface area is 141 Å². The van der Waals surface area contributed by atoms with E-state index in [4.69, 9.17) is 9.47 Å². The maximum Gasteiger partial charge on any atom is 0.220 e. The summed E-state index contributed by atoms with van der Waals surface area (Å²) in [6.45, 7) is 1.24. The van der Waals surface area contributed by atoms with Crippen molar-refractivity contribution in [2.24, 2.45) is 5.92 Å². The minimum absolute atomic E-state index is 0.0925. The molecule has 1 atom stereocenters. The maximum absolute atomic E-state index is 12.0. The van der Waals surface area contributed by atoms with Gasteiger partial charge in [-0.1, -0.05) is 12.1 Å². The number of hydrogen-bond donors (Lipinski definition) is 2. The number of ether oxygens (including phenoxy) is 2. The normalized spacial score (nSPS) is 16.1. The van der Waals surface area contributed by atoms with E-state index in [2.05, 4.69) is 21.6 Å². The second-order valence-corrected chi connectivity index (χ2v) is 6.09. The summed E-state index contributed by atoms with van der Waals surface area (Å²) in [5, 5.41) is 9.70. The van der Waals surface area contributed by atoms with E-state index in [0.717, 1.165) is 41.9 Å². The summed E-state index contributed by atoms with van der Waals surface area (Å²) in [6, 6.07) is 5.93. The molecule has 1 aliphatic rings. The number of nitrogens with one attached hydrogen (secondary N) is 2. The first-order valence-corrected chi connectivity index (χ1v) is 8.29. The van der Waals surface area contributed by atoms with Crippen molar-refractivity contribution >= 4 is 5.91 Å². The van der Waals surface area contributed by atoms with E-state index < -0.39 is 0 Å². The lowest BCUT2D eigenvalue weighted by Crippen LogP contribution is -2.34. The van der Waals surface area contributed by atoms with Gasteiger partial charge in [-0.15, -0.1) is 0 Å². The third-order valence-electron chi connectivity index (χ3n) is 4.26. The van der Waals surface area contributed by atoms with Crippen molar-refractivity contribution in [1.82, 2.24) is 15.5 Å². The Morgan fingerprint density at radius 1 is 1.50 bits per heavy atom. The molecule has 2 aromatic rings. The van der Waals surface area contributed by atoms with E-state index in [9.17, 15) is 4.79 Å². The molecule has 2 heterocycles. The summed E-state index contributed by atoms with van der Waals surface area (Å²) >= 11 is 0. The van der Waals surface area contributed by atoms with Crippen molar-refractivity contribution in [3.8, 4) is 11.5 Å². The molecule has 0 saturated carbocycles. The molecular formula is C18H23N3O3. The maximum atomic E-state index is 12.0. The molecule has 6 nitrogen and oxygen atoms in total. The van der Waals surface area contributed by atoms with E-state index in [1.807, 2.05) is 18.3 Å². The molecular weight excluding hydrogens is 306 g/mol. The number of hydrogen-bond acceptors (Lipinski definition) is 4. The van der Waals surface area contributed by atoms with E-state index in [1.165, 1.54) is 0 Å². The van der Waals surface area contributed by atoms with E-state index in [0.29, 0.717) is 25.5 Å². The van der Waals surface area contributed by atoms with Crippen molar-refractivity contribution in [3.05, 3.63) is 41.7 Å². The third-order valence-corrected chi connectivity index (χ3v) is 4.26. The van der Waals surface area contributed by atoms with Gasteiger partial charge in [-0.3, -0.25) is 9.89 Å². The lowest BCUT2D eigenvalue weighted by molar-refractivity contribution is -0.121. The van der Waals surface area contributed by atoms with Crippen molar-refractivity contribution in [2.45, 2.75) is 25.7 Å². The Bertz CT molecular complexity index is 670. The average Bonchev–Trinajstić information content (AvgIpc) is 3.12. The van der Waals surface area contributed by atoms with Gasteiger partial charge < -0.3 is 14.8 Å². The summed E-state index contributed by atoms with van der Waals surface area (Å²) in [5.41, 5.74) is 2.27. The molecule has 0 aliphatic carbocycles. The molecule has 0 bridgehead atoms. The number of carbonyl (C=O) groups excluding carboxylic acids is 1. The van der Waals surface area contributed by atoms with Crippen molar-refractivity contribution in [2.75, 3.05) is 20.3 Å². The van der Waals surface area contributed by atoms with Crippen LogP contribution in [0.4, 0.5) is 0 Å². The van der Waals surface area contributed by atoms with Gasteiger partial charge in [0.2, 0.25) is 5.91 Å². The summed E-state index contributed by atoms with van der Waals surface area (Å²) in [4.78, 5) is 12.0. The van der Waals surface area contributed by atoms with E-state index in [-0.39, 0.29) is 5.91 Å². The average molecular weight is 329 g/mol. The van der Waals surface area contributed by atoms with Crippen LogP contribution in [0.5, 0.6) is 11.5 Å². The molecule has 1 aromatic heterocycles. The van der Waals surface area contributed by atoms with Crippen LogP contribution in [-0.2, 0) is 17.6 Å². The Morgan fingerprint density at radius 3 is 3.21 bits per heavy atom. The van der Waals surface area contributed by atoms with Crippen molar-refractivity contribution in [1.29, 1.82) is 0 Å². The Hall–Kier alpha value is -2.50. The number of H-pyrrole nitrogens is 1. The third kappa shape index (κ3) is 4.07. The van der Waals surface area contributed by atoms with Crippen LogP contribution in [0.15, 0.2) is 30.6 Å². The smallest absolute Gasteiger partial charge is 0.220 e. The summed E-state index contributed by atoms with van der Waals surface area (Å²) < 4.78 is 11.2. The monoisotopic (exact) mass is 329 g/mol. The molecule has 0 unspecified atom stereocenters. The van der Waals surface area contributed by atoms with Crippen molar-refractivity contribution in [3.63, 3.8) is 0 Å². The molecule has 1 aromatic carbocycles. The molecule has 3 rings (SSSR count). The number of fused-ring (bicyclic) bond motifs is 1. The number of para-hydroxylation sites is 1. The highest BCUT2D eigenvalue weighted by molar-refractivity contribution is 5.75. The molecule has 128 valence electrons. The Balaban J connectivity index is 1.41. The molecule has 2 N–H and O–H groups in total. The van der Waals surface area contributed by atoms with Gasteiger partial charge in [0.05, 0.1) is 19.9 Å². The quantitative estimate of drug-likeness (QED) is 0.816. The predicted molar refractivity (Wildman–Crippen MR) is 90.2 cm³/mol. The van der Waals surface area contributed by atoms with Gasteiger partial charge in [0.25, 0.3) is 0 Å². The van der Waals surface area contributed by atoms with Crippen LogP contribution in [-0.4, -0.2) is 36.4 Å². The van der Waals surface area contributed by atoms with Gasteiger partial charge in [0.15, 0.2) is 11.5 Å². The van der Waals surface area contributed by atoms with Crippen LogP contribution < -0.4 is 14.8 Å². The van der Waals surface area contributed by atoms with E-state index in [1.54, 1.807) is 13.3 Å².